The van der Waals surface area contributed by atoms with E-state index in [1.165, 1.54) is 24.3 Å². The summed E-state index contributed by atoms with van der Waals surface area (Å²) in [4.78, 5) is 0.556. The second-order valence-corrected chi connectivity index (χ2v) is 13.5. The molecule has 0 unspecified atom stereocenters. The normalized spacial score (nSPS) is 17.8. The number of thiophene rings is 2. The summed E-state index contributed by atoms with van der Waals surface area (Å²) < 4.78 is 95.5. The molecule has 0 nitrogen and oxygen atoms in total. The first-order chi connectivity index (χ1) is 20.4. The van der Waals surface area contributed by atoms with E-state index in [1.54, 1.807) is 37.3 Å². The van der Waals surface area contributed by atoms with E-state index in [-0.39, 0.29) is 31.7 Å². The van der Waals surface area contributed by atoms with Crippen molar-refractivity contribution in [3.8, 4) is 0 Å². The van der Waals surface area contributed by atoms with Crippen LogP contribution >= 0.6 is 22.7 Å². The van der Waals surface area contributed by atoms with Crippen LogP contribution in [0.4, 0.5) is 26.3 Å². The largest absolute Gasteiger partial charge is 0.380 e. The van der Waals surface area contributed by atoms with Crippen molar-refractivity contribution < 1.29 is 26.3 Å². The Balaban J connectivity index is 1.53. The molecule has 0 fully saturated rings. The molecule has 8 rings (SSSR count). The molecule has 0 bridgehead atoms. The van der Waals surface area contributed by atoms with Gasteiger partial charge in [0.05, 0.1) is 0 Å². The maximum atomic E-state index is 16.0. The van der Waals surface area contributed by atoms with Crippen LogP contribution in [-0.4, -0.2) is 17.8 Å². The number of hydrogen-bond acceptors (Lipinski definition) is 2. The SMILES string of the molecule is Cc1sc2ccccc2c1C1=C(c2c(C)sc3c2ccc2ccc4c5ccccc5ccc4c23)C(F)(F)C(F)(F)C1(F)F. The van der Waals surface area contributed by atoms with Gasteiger partial charge in [-0.3, -0.25) is 0 Å². The molecule has 0 amide bonds. The van der Waals surface area contributed by atoms with Crippen LogP contribution in [0.2, 0.25) is 0 Å². The van der Waals surface area contributed by atoms with E-state index in [0.29, 0.717) is 9.40 Å². The van der Waals surface area contributed by atoms with Gasteiger partial charge in [0, 0.05) is 57.6 Å². The quantitative estimate of drug-likeness (QED) is 0.134. The van der Waals surface area contributed by atoms with Crippen molar-refractivity contribution in [3.63, 3.8) is 0 Å². The monoisotopic (exact) mass is 618 g/mol. The zero-order valence-corrected chi connectivity index (χ0v) is 24.3. The smallest absolute Gasteiger partial charge is 0.194 e. The van der Waals surface area contributed by atoms with E-state index in [9.17, 15) is 0 Å². The highest BCUT2D eigenvalue weighted by Crippen LogP contribution is 2.67. The van der Waals surface area contributed by atoms with E-state index in [0.717, 1.165) is 43.7 Å². The van der Waals surface area contributed by atoms with Crippen molar-refractivity contribution in [2.24, 2.45) is 0 Å². The van der Waals surface area contributed by atoms with Gasteiger partial charge in [-0.15, -0.1) is 22.7 Å². The molecule has 43 heavy (non-hydrogen) atoms. The summed E-state index contributed by atoms with van der Waals surface area (Å²) in [5, 5.41) is 6.00. The van der Waals surface area contributed by atoms with Gasteiger partial charge in [-0.2, -0.15) is 26.3 Å². The lowest BCUT2D eigenvalue weighted by molar-refractivity contribution is -0.254. The summed E-state index contributed by atoms with van der Waals surface area (Å²) in [6, 6.07) is 25.6. The summed E-state index contributed by atoms with van der Waals surface area (Å²) >= 11 is 2.29. The number of benzene rings is 5. The van der Waals surface area contributed by atoms with Gasteiger partial charge in [-0.1, -0.05) is 78.9 Å². The van der Waals surface area contributed by atoms with Crippen LogP contribution < -0.4 is 0 Å². The Hall–Kier alpha value is -3.88. The maximum absolute atomic E-state index is 16.0. The number of hydrogen-bond donors (Lipinski definition) is 0. The standard InChI is InChI=1S/C35H20F6S2/c1-17-27(24-9-5-6-10-26(24)42-17)30-31(34(38,39)35(40,41)33(30,36)37)28-18(2)43-32-25(28)16-13-20-12-14-22-21-8-4-3-7-19(21)11-15-23(22)29(20)32/h3-16H,1-2H3. The highest BCUT2D eigenvalue weighted by atomic mass is 32.1. The van der Waals surface area contributed by atoms with E-state index in [2.05, 4.69) is 0 Å². The predicted molar refractivity (Wildman–Crippen MR) is 167 cm³/mol. The lowest BCUT2D eigenvalue weighted by atomic mass is 9.90. The minimum Gasteiger partial charge on any atom is -0.194 e. The van der Waals surface area contributed by atoms with Crippen LogP contribution in [0.25, 0.3) is 63.6 Å². The lowest BCUT2D eigenvalue weighted by Gasteiger charge is -2.26. The summed E-state index contributed by atoms with van der Waals surface area (Å²) in [6.07, 6.45) is 0. The van der Waals surface area contributed by atoms with Crippen molar-refractivity contribution in [3.05, 3.63) is 106 Å². The second kappa shape index (κ2) is 8.61. The molecular formula is C35H20F6S2. The van der Waals surface area contributed by atoms with Gasteiger partial charge in [0.2, 0.25) is 0 Å². The van der Waals surface area contributed by atoms with Crippen LogP contribution in [0.3, 0.4) is 0 Å². The number of alkyl halides is 6. The molecule has 0 saturated heterocycles. The van der Waals surface area contributed by atoms with Gasteiger partial charge in [0.1, 0.15) is 0 Å². The number of rotatable bonds is 2. The maximum Gasteiger partial charge on any atom is 0.380 e. The van der Waals surface area contributed by atoms with Gasteiger partial charge in [0.25, 0.3) is 0 Å². The van der Waals surface area contributed by atoms with Crippen LogP contribution in [0.1, 0.15) is 20.9 Å². The Bertz CT molecular complexity index is 2360. The fraction of sp³-hybridized carbons (Fsp3) is 0.143. The molecule has 8 heteroatoms. The summed E-state index contributed by atoms with van der Waals surface area (Å²) in [6.45, 7) is 3.05. The Kier molecular flexibility index (Phi) is 5.35. The lowest BCUT2D eigenvalue weighted by Crippen LogP contribution is -2.48. The molecule has 5 aromatic carbocycles. The third-order valence-corrected chi connectivity index (χ3v) is 10.9. The molecular weight excluding hydrogens is 599 g/mol. The van der Waals surface area contributed by atoms with Gasteiger partial charge in [0.15, 0.2) is 0 Å². The van der Waals surface area contributed by atoms with Crippen LogP contribution in [0, 0.1) is 13.8 Å². The molecule has 214 valence electrons. The fourth-order valence-corrected chi connectivity index (χ4v) is 9.06. The number of aryl methyl sites for hydroxylation is 2. The first-order valence-corrected chi connectivity index (χ1v) is 15.2. The Morgan fingerprint density at radius 1 is 0.488 bits per heavy atom. The van der Waals surface area contributed by atoms with Gasteiger partial charge in [-0.25, -0.2) is 0 Å². The third-order valence-electron chi connectivity index (χ3n) is 8.67. The van der Waals surface area contributed by atoms with E-state index in [4.69, 9.17) is 0 Å². The van der Waals surface area contributed by atoms with E-state index >= 15 is 26.3 Å². The zero-order valence-electron chi connectivity index (χ0n) is 22.7. The molecule has 2 heterocycles. The van der Waals surface area contributed by atoms with Crippen molar-refractivity contribution in [2.75, 3.05) is 0 Å². The predicted octanol–water partition coefficient (Wildman–Crippen LogP) is 12.0. The third kappa shape index (κ3) is 3.28. The molecule has 0 N–H and O–H groups in total. The van der Waals surface area contributed by atoms with E-state index < -0.39 is 28.9 Å². The molecule has 7 aromatic rings. The Morgan fingerprint density at radius 2 is 1.02 bits per heavy atom. The fourth-order valence-electron chi connectivity index (χ4n) is 6.76. The van der Waals surface area contributed by atoms with Crippen molar-refractivity contribution in [2.45, 2.75) is 31.6 Å². The zero-order chi connectivity index (χ0) is 30.1. The number of fused-ring (bicyclic) bond motifs is 8. The van der Waals surface area contributed by atoms with Gasteiger partial charge in [-0.05, 0) is 46.8 Å². The van der Waals surface area contributed by atoms with Gasteiger partial charge < -0.3 is 0 Å². The molecule has 0 atom stereocenters. The molecule has 0 spiro atoms. The van der Waals surface area contributed by atoms with Crippen LogP contribution in [0.5, 0.6) is 0 Å². The Morgan fingerprint density at radius 3 is 1.74 bits per heavy atom. The summed E-state index contributed by atoms with van der Waals surface area (Å²) in [5.41, 5.74) is -3.06. The molecule has 0 aliphatic heterocycles. The Labute approximate surface area is 249 Å². The highest BCUT2D eigenvalue weighted by Gasteiger charge is 2.80. The topological polar surface area (TPSA) is 0 Å². The molecule has 0 saturated carbocycles. The first-order valence-electron chi connectivity index (χ1n) is 13.6. The number of allylic oxidation sites excluding steroid dienone is 2. The van der Waals surface area contributed by atoms with Gasteiger partial charge >= 0.3 is 17.8 Å². The van der Waals surface area contributed by atoms with Crippen molar-refractivity contribution in [1.82, 2.24) is 0 Å². The van der Waals surface area contributed by atoms with Crippen LogP contribution in [0.15, 0.2) is 84.9 Å². The molecule has 0 radical (unpaired) electrons. The molecule has 2 aromatic heterocycles. The molecule has 1 aliphatic rings. The van der Waals surface area contributed by atoms with E-state index in [1.807, 2.05) is 48.5 Å². The summed E-state index contributed by atoms with van der Waals surface area (Å²) in [7, 11) is 0. The minimum absolute atomic E-state index is 0.242. The van der Waals surface area contributed by atoms with Crippen molar-refractivity contribution >= 4 is 86.3 Å². The highest BCUT2D eigenvalue weighted by molar-refractivity contribution is 7.20. The average molecular weight is 619 g/mol. The first kappa shape index (κ1) is 26.7. The molecule has 1 aliphatic carbocycles. The minimum atomic E-state index is -5.62. The average Bonchev–Trinajstić information content (AvgIpc) is 3.52. The summed E-state index contributed by atoms with van der Waals surface area (Å²) in [5.74, 6) is -15.9. The second-order valence-electron chi connectivity index (χ2n) is 11.0. The van der Waals surface area contributed by atoms with Crippen LogP contribution in [-0.2, 0) is 0 Å². The van der Waals surface area contributed by atoms with Crippen molar-refractivity contribution in [1.29, 1.82) is 0 Å². The number of halogens is 6.